The van der Waals surface area contributed by atoms with E-state index in [2.05, 4.69) is 66.1 Å². The fourth-order valence-electron chi connectivity index (χ4n) is 8.05. The van der Waals surface area contributed by atoms with E-state index < -0.39 is 0 Å². The smallest absolute Gasteiger partial charge is 0.227 e. The van der Waals surface area contributed by atoms with Gasteiger partial charge in [0, 0.05) is 42.5 Å². The lowest BCUT2D eigenvalue weighted by Crippen LogP contribution is -2.34. The zero-order valence-electron chi connectivity index (χ0n) is 29.9. The zero-order chi connectivity index (χ0) is 35.3. The predicted octanol–water partition coefficient (Wildman–Crippen LogP) is 6.87. The van der Waals surface area contributed by atoms with E-state index in [-0.39, 0.29) is 23.8 Å². The molecule has 2 N–H and O–H groups in total. The molecule has 1 aliphatic carbocycles. The first-order chi connectivity index (χ1) is 24.9. The summed E-state index contributed by atoms with van der Waals surface area (Å²) in [6, 6.07) is 25.0. The van der Waals surface area contributed by atoms with Gasteiger partial charge in [0.2, 0.25) is 11.8 Å². The Balaban J connectivity index is 1.07. The minimum atomic E-state index is -0.0899. The summed E-state index contributed by atoms with van der Waals surface area (Å²) in [5, 5.41) is 16.0. The molecule has 4 aromatic rings. The van der Waals surface area contributed by atoms with Crippen molar-refractivity contribution in [2.45, 2.75) is 103 Å². The number of aromatic nitrogens is 3. The molecule has 2 amide bonds. The quantitative estimate of drug-likeness (QED) is 0.158. The van der Waals surface area contributed by atoms with Gasteiger partial charge in [-0.05, 0) is 67.2 Å². The van der Waals surface area contributed by atoms with Gasteiger partial charge in [-0.1, -0.05) is 98.6 Å². The van der Waals surface area contributed by atoms with Gasteiger partial charge in [-0.15, -0.1) is 5.10 Å². The van der Waals surface area contributed by atoms with Gasteiger partial charge in [-0.25, -0.2) is 4.68 Å². The number of nitrogens with zero attached hydrogens (tertiary/aromatic N) is 4. The molecule has 7 rings (SSSR count). The Morgan fingerprint density at radius 2 is 1.63 bits per heavy atom. The van der Waals surface area contributed by atoms with Crippen LogP contribution in [0.4, 0.5) is 5.69 Å². The Hall–Kier alpha value is -4.63. The standard InChI is InChI=1S/C42H50N6O3/c1-28(2)23-24-43-38(49)17-9-10-18-39(50)47-27-31-11-3-4-12-32(31)41-40(34-14-6-8-16-37(34)47)45-46-48(41)26-30-21-19-29(20-22-30)25-36-42(51)33-13-5-7-15-35(33)44-36/h3-4,6,8,11-12,14,16,19-22,28,33,35-36,44H,5,7,9-10,13,15,17-18,23-27H2,1-2H3,(H,43,49)/t33?,35?,36-/m0/s1. The third kappa shape index (κ3) is 7.83. The van der Waals surface area contributed by atoms with Crippen LogP contribution in [0.3, 0.4) is 0 Å². The number of para-hydroxylation sites is 1. The highest BCUT2D eigenvalue weighted by Gasteiger charge is 2.42. The van der Waals surface area contributed by atoms with Crippen LogP contribution in [0.15, 0.2) is 72.8 Å². The van der Waals surface area contributed by atoms with Crippen molar-refractivity contribution in [1.29, 1.82) is 0 Å². The number of ketones is 1. The van der Waals surface area contributed by atoms with Gasteiger partial charge in [0.15, 0.2) is 5.78 Å². The van der Waals surface area contributed by atoms with Crippen LogP contribution in [-0.4, -0.2) is 51.2 Å². The second-order valence-corrected chi connectivity index (χ2v) is 15.0. The summed E-state index contributed by atoms with van der Waals surface area (Å²) >= 11 is 0. The van der Waals surface area contributed by atoms with Crippen LogP contribution in [0.5, 0.6) is 0 Å². The minimum Gasteiger partial charge on any atom is -0.356 e. The number of fused-ring (bicyclic) bond motifs is 6. The molecule has 9 heteroatoms. The number of anilines is 1. The van der Waals surface area contributed by atoms with Crippen molar-refractivity contribution in [2.75, 3.05) is 11.4 Å². The summed E-state index contributed by atoms with van der Waals surface area (Å²) in [6.45, 7) is 5.95. The van der Waals surface area contributed by atoms with Crippen molar-refractivity contribution in [2.24, 2.45) is 11.8 Å². The van der Waals surface area contributed by atoms with Gasteiger partial charge in [-0.3, -0.25) is 14.4 Å². The van der Waals surface area contributed by atoms with Gasteiger partial charge in [0.25, 0.3) is 0 Å². The lowest BCUT2D eigenvalue weighted by Gasteiger charge is -2.28. The first-order valence-corrected chi connectivity index (χ1v) is 18.9. The van der Waals surface area contributed by atoms with Crippen LogP contribution in [0.25, 0.3) is 22.5 Å². The molecule has 3 heterocycles. The Kier molecular flexibility index (Phi) is 10.7. The van der Waals surface area contributed by atoms with Gasteiger partial charge in [0.1, 0.15) is 5.69 Å². The summed E-state index contributed by atoms with van der Waals surface area (Å²) in [6.07, 6.45) is 8.29. The fraction of sp³-hybridized carbons (Fsp3) is 0.452. The SMILES string of the molecule is CC(C)CCNC(=O)CCCCC(=O)N1Cc2ccccc2-c2c(nnn2Cc2ccc(C[C@@H]3NC4CCCCC4C3=O)cc2)-c2ccccc21. The molecule has 2 aliphatic heterocycles. The average Bonchev–Trinajstić information content (AvgIpc) is 3.68. The molecule has 51 heavy (non-hydrogen) atoms. The number of benzene rings is 3. The lowest BCUT2D eigenvalue weighted by molar-refractivity contribution is -0.122. The molecule has 3 atom stereocenters. The number of amides is 2. The van der Waals surface area contributed by atoms with Crippen LogP contribution >= 0.6 is 0 Å². The summed E-state index contributed by atoms with van der Waals surface area (Å²) in [5.41, 5.74) is 7.66. The number of hydrogen-bond donors (Lipinski definition) is 2. The molecule has 9 nitrogen and oxygen atoms in total. The highest BCUT2D eigenvalue weighted by Crippen LogP contribution is 2.41. The minimum absolute atomic E-state index is 0.0293. The fourth-order valence-corrected chi connectivity index (χ4v) is 8.05. The van der Waals surface area contributed by atoms with Crippen molar-refractivity contribution in [3.63, 3.8) is 0 Å². The number of rotatable bonds is 12. The van der Waals surface area contributed by atoms with Gasteiger partial charge in [0.05, 0.1) is 30.5 Å². The van der Waals surface area contributed by atoms with E-state index in [1.807, 2.05) is 46.0 Å². The third-order valence-corrected chi connectivity index (χ3v) is 10.9. The normalized spacial score (nSPS) is 19.5. The highest BCUT2D eigenvalue weighted by molar-refractivity contribution is 6.00. The van der Waals surface area contributed by atoms with Crippen LogP contribution < -0.4 is 15.5 Å². The molecule has 3 aliphatic rings. The van der Waals surface area contributed by atoms with Crippen LogP contribution in [0, 0.1) is 11.8 Å². The lowest BCUT2D eigenvalue weighted by atomic mass is 9.84. The van der Waals surface area contributed by atoms with Crippen LogP contribution in [-0.2, 0) is 33.9 Å². The van der Waals surface area contributed by atoms with Crippen molar-refractivity contribution >= 4 is 23.3 Å². The van der Waals surface area contributed by atoms with Crippen LogP contribution in [0.2, 0.25) is 0 Å². The van der Waals surface area contributed by atoms with Crippen molar-refractivity contribution < 1.29 is 14.4 Å². The number of carbonyl (C=O) groups is 3. The zero-order valence-corrected chi connectivity index (χ0v) is 29.9. The summed E-state index contributed by atoms with van der Waals surface area (Å²) in [7, 11) is 0. The van der Waals surface area contributed by atoms with Crippen molar-refractivity contribution in [3.05, 3.63) is 89.5 Å². The monoisotopic (exact) mass is 686 g/mol. The van der Waals surface area contributed by atoms with E-state index in [1.165, 1.54) is 6.42 Å². The van der Waals surface area contributed by atoms with E-state index in [1.54, 1.807) is 0 Å². The maximum absolute atomic E-state index is 13.9. The number of nitrogens with one attached hydrogen (secondary N) is 2. The van der Waals surface area contributed by atoms with Gasteiger partial charge >= 0.3 is 0 Å². The van der Waals surface area contributed by atoms with E-state index in [0.29, 0.717) is 63.1 Å². The van der Waals surface area contributed by atoms with Gasteiger partial charge < -0.3 is 15.5 Å². The Bertz CT molecular complexity index is 1860. The third-order valence-electron chi connectivity index (χ3n) is 10.9. The number of hydrogen-bond acceptors (Lipinski definition) is 6. The molecule has 1 saturated carbocycles. The van der Waals surface area contributed by atoms with Gasteiger partial charge in [-0.2, -0.15) is 0 Å². The second-order valence-electron chi connectivity index (χ2n) is 15.0. The van der Waals surface area contributed by atoms with E-state index >= 15 is 0 Å². The summed E-state index contributed by atoms with van der Waals surface area (Å²) in [4.78, 5) is 41.1. The molecule has 0 bridgehead atoms. The average molecular weight is 687 g/mol. The van der Waals surface area contributed by atoms with Crippen molar-refractivity contribution in [1.82, 2.24) is 25.6 Å². The molecule has 3 aromatic carbocycles. The molecule has 1 aromatic heterocycles. The van der Waals surface area contributed by atoms with Crippen molar-refractivity contribution in [3.8, 4) is 22.5 Å². The Morgan fingerprint density at radius 3 is 2.43 bits per heavy atom. The summed E-state index contributed by atoms with van der Waals surface area (Å²) in [5.74, 6) is 1.21. The molecular weight excluding hydrogens is 637 g/mol. The van der Waals surface area contributed by atoms with E-state index in [9.17, 15) is 14.4 Å². The summed E-state index contributed by atoms with van der Waals surface area (Å²) < 4.78 is 1.97. The topological polar surface area (TPSA) is 109 Å². The maximum atomic E-state index is 13.9. The number of carbonyl (C=O) groups excluding carboxylic acids is 3. The molecule has 266 valence electrons. The molecule has 0 radical (unpaired) electrons. The number of unbranched alkanes of at least 4 members (excludes halogenated alkanes) is 1. The Labute approximate surface area is 301 Å². The molecule has 0 spiro atoms. The van der Waals surface area contributed by atoms with E-state index in [0.717, 1.165) is 77.0 Å². The molecule has 2 fully saturated rings. The maximum Gasteiger partial charge on any atom is 0.227 e. The number of Topliss-reactive ketones (excluding diaryl/α,β-unsaturated/α-hetero) is 1. The highest BCUT2D eigenvalue weighted by atomic mass is 16.2. The Morgan fingerprint density at radius 1 is 0.902 bits per heavy atom. The largest absolute Gasteiger partial charge is 0.356 e. The predicted molar refractivity (Wildman–Crippen MR) is 200 cm³/mol. The van der Waals surface area contributed by atoms with Crippen LogP contribution in [0.1, 0.15) is 88.3 Å². The molecule has 1 saturated heterocycles. The first-order valence-electron chi connectivity index (χ1n) is 18.9. The first kappa shape index (κ1) is 34.8. The second kappa shape index (κ2) is 15.7. The molecular formula is C42H50N6O3. The molecule has 2 unspecified atom stereocenters. The van der Waals surface area contributed by atoms with E-state index in [4.69, 9.17) is 5.10 Å².